The van der Waals surface area contributed by atoms with Crippen molar-refractivity contribution in [2.45, 2.75) is 19.9 Å². The lowest BCUT2D eigenvalue weighted by molar-refractivity contribution is 0.505. The van der Waals surface area contributed by atoms with E-state index in [4.69, 9.17) is 5.73 Å². The summed E-state index contributed by atoms with van der Waals surface area (Å²) < 4.78 is 2.33. The Balaban J connectivity index is 2.27. The SMILES string of the molecule is CC(C)n1nc(-c2cc(I)c(N)nc2-c2ccccc2)ccc1=O. The molecule has 0 aliphatic heterocycles. The molecule has 1 aromatic carbocycles. The van der Waals surface area contributed by atoms with Crippen molar-refractivity contribution >= 4 is 28.4 Å². The Morgan fingerprint density at radius 2 is 1.83 bits per heavy atom. The van der Waals surface area contributed by atoms with E-state index >= 15 is 0 Å². The van der Waals surface area contributed by atoms with E-state index in [9.17, 15) is 4.79 Å². The van der Waals surface area contributed by atoms with Gasteiger partial charge in [0, 0.05) is 17.2 Å². The monoisotopic (exact) mass is 432 g/mol. The molecule has 122 valence electrons. The van der Waals surface area contributed by atoms with E-state index in [0.29, 0.717) is 11.5 Å². The highest BCUT2D eigenvalue weighted by atomic mass is 127. The highest BCUT2D eigenvalue weighted by molar-refractivity contribution is 14.1. The first-order chi connectivity index (χ1) is 11.5. The lowest BCUT2D eigenvalue weighted by Crippen LogP contribution is -2.24. The maximum absolute atomic E-state index is 12.0. The molecule has 0 unspecified atom stereocenters. The highest BCUT2D eigenvalue weighted by Crippen LogP contribution is 2.32. The van der Waals surface area contributed by atoms with Gasteiger partial charge in [-0.1, -0.05) is 30.3 Å². The van der Waals surface area contributed by atoms with Gasteiger partial charge in [-0.25, -0.2) is 9.67 Å². The zero-order valence-electron chi connectivity index (χ0n) is 13.4. The number of nitrogens with two attached hydrogens (primary N) is 1. The van der Waals surface area contributed by atoms with Gasteiger partial charge in [0.1, 0.15) is 5.82 Å². The van der Waals surface area contributed by atoms with Crippen molar-refractivity contribution < 1.29 is 0 Å². The largest absolute Gasteiger partial charge is 0.383 e. The minimum absolute atomic E-state index is 0.0153. The van der Waals surface area contributed by atoms with Crippen LogP contribution < -0.4 is 11.3 Å². The van der Waals surface area contributed by atoms with E-state index in [1.54, 1.807) is 12.1 Å². The number of hydrogen-bond acceptors (Lipinski definition) is 4. The van der Waals surface area contributed by atoms with Gasteiger partial charge in [0.15, 0.2) is 0 Å². The van der Waals surface area contributed by atoms with Gasteiger partial charge in [-0.05, 0) is 48.6 Å². The summed E-state index contributed by atoms with van der Waals surface area (Å²) in [6.45, 7) is 3.86. The van der Waals surface area contributed by atoms with Crippen LogP contribution in [0.15, 0.2) is 53.3 Å². The summed E-state index contributed by atoms with van der Waals surface area (Å²) in [5.74, 6) is 0.482. The highest BCUT2D eigenvalue weighted by Gasteiger charge is 2.15. The van der Waals surface area contributed by atoms with Crippen LogP contribution in [0.5, 0.6) is 0 Å². The van der Waals surface area contributed by atoms with Gasteiger partial charge >= 0.3 is 0 Å². The van der Waals surface area contributed by atoms with Gasteiger partial charge in [-0.15, -0.1) is 0 Å². The smallest absolute Gasteiger partial charge is 0.267 e. The van der Waals surface area contributed by atoms with Crippen LogP contribution in [0.3, 0.4) is 0 Å². The molecule has 6 heteroatoms. The van der Waals surface area contributed by atoms with Crippen molar-refractivity contribution in [2.75, 3.05) is 5.73 Å². The normalized spacial score (nSPS) is 11.0. The Morgan fingerprint density at radius 3 is 2.50 bits per heavy atom. The fraction of sp³-hybridized carbons (Fsp3) is 0.167. The molecule has 0 fully saturated rings. The number of nitrogen functional groups attached to an aromatic ring is 1. The van der Waals surface area contributed by atoms with Crippen molar-refractivity contribution in [3.8, 4) is 22.5 Å². The third kappa shape index (κ3) is 3.19. The van der Waals surface area contributed by atoms with Crippen LogP contribution in [0, 0.1) is 3.57 Å². The van der Waals surface area contributed by atoms with Crippen molar-refractivity contribution in [3.05, 3.63) is 62.5 Å². The van der Waals surface area contributed by atoms with E-state index in [-0.39, 0.29) is 11.6 Å². The molecule has 3 rings (SSSR count). The minimum atomic E-state index is -0.117. The molecule has 0 amide bonds. The predicted molar refractivity (Wildman–Crippen MR) is 105 cm³/mol. The van der Waals surface area contributed by atoms with Gasteiger partial charge in [0.25, 0.3) is 5.56 Å². The van der Waals surface area contributed by atoms with Crippen molar-refractivity contribution in [3.63, 3.8) is 0 Å². The number of anilines is 1. The summed E-state index contributed by atoms with van der Waals surface area (Å²) in [5, 5.41) is 4.52. The third-order valence-electron chi connectivity index (χ3n) is 3.64. The van der Waals surface area contributed by atoms with Gasteiger partial charge in [-0.3, -0.25) is 4.79 Å². The van der Waals surface area contributed by atoms with Crippen LogP contribution in [0.25, 0.3) is 22.5 Å². The first kappa shape index (κ1) is 16.6. The van der Waals surface area contributed by atoms with Crippen LogP contribution in [-0.2, 0) is 0 Å². The average Bonchev–Trinajstić information content (AvgIpc) is 2.58. The summed E-state index contributed by atoms with van der Waals surface area (Å²) in [7, 11) is 0. The lowest BCUT2D eigenvalue weighted by Gasteiger charge is -2.14. The molecule has 0 atom stereocenters. The van der Waals surface area contributed by atoms with Crippen LogP contribution in [0.2, 0.25) is 0 Å². The molecule has 2 heterocycles. The molecule has 5 nitrogen and oxygen atoms in total. The molecule has 2 N–H and O–H groups in total. The molecule has 0 aliphatic carbocycles. The van der Waals surface area contributed by atoms with Crippen molar-refractivity contribution in [1.29, 1.82) is 0 Å². The first-order valence-corrected chi connectivity index (χ1v) is 8.67. The van der Waals surface area contributed by atoms with Crippen LogP contribution in [0.1, 0.15) is 19.9 Å². The topological polar surface area (TPSA) is 73.8 Å². The van der Waals surface area contributed by atoms with E-state index in [1.165, 1.54) is 4.68 Å². The zero-order chi connectivity index (χ0) is 17.3. The third-order valence-corrected chi connectivity index (χ3v) is 4.50. The average molecular weight is 432 g/mol. The fourth-order valence-corrected chi connectivity index (χ4v) is 2.89. The first-order valence-electron chi connectivity index (χ1n) is 7.59. The second-order valence-electron chi connectivity index (χ2n) is 5.71. The molecule has 2 aromatic heterocycles. The van der Waals surface area contributed by atoms with Gasteiger partial charge in [0.2, 0.25) is 0 Å². The molecule has 0 spiro atoms. The van der Waals surface area contributed by atoms with Gasteiger partial charge in [0.05, 0.1) is 21.0 Å². The molecule has 0 saturated carbocycles. The Kier molecular flexibility index (Phi) is 4.66. The molecule has 24 heavy (non-hydrogen) atoms. The van der Waals surface area contributed by atoms with Crippen molar-refractivity contribution in [1.82, 2.24) is 14.8 Å². The predicted octanol–water partition coefficient (Wildman–Crippen LogP) is 3.74. The number of rotatable bonds is 3. The van der Waals surface area contributed by atoms with E-state index in [0.717, 1.165) is 20.4 Å². The lowest BCUT2D eigenvalue weighted by atomic mass is 10.0. The summed E-state index contributed by atoms with van der Waals surface area (Å²) in [4.78, 5) is 16.5. The zero-order valence-corrected chi connectivity index (χ0v) is 15.6. The standard InChI is InChI=1S/C18H17IN4O/c1-11(2)23-16(24)9-8-15(22-23)13-10-14(19)18(20)21-17(13)12-6-4-3-5-7-12/h3-11H,1-2H3,(H2,20,21). The summed E-state index contributed by atoms with van der Waals surface area (Å²) in [5.41, 5.74) is 9.17. The van der Waals surface area contributed by atoms with Gasteiger partial charge < -0.3 is 5.73 Å². The molecule has 0 saturated heterocycles. The van der Waals surface area contributed by atoms with Crippen LogP contribution in [0.4, 0.5) is 5.82 Å². The van der Waals surface area contributed by atoms with E-state index < -0.39 is 0 Å². The second kappa shape index (κ2) is 6.72. The number of halogens is 1. The van der Waals surface area contributed by atoms with Crippen LogP contribution in [-0.4, -0.2) is 14.8 Å². The van der Waals surface area contributed by atoms with Crippen LogP contribution >= 0.6 is 22.6 Å². The Morgan fingerprint density at radius 1 is 1.12 bits per heavy atom. The van der Waals surface area contributed by atoms with E-state index in [2.05, 4.69) is 32.7 Å². The second-order valence-corrected chi connectivity index (χ2v) is 6.87. The number of nitrogens with zero attached hydrogens (tertiary/aromatic N) is 3. The summed E-state index contributed by atoms with van der Waals surface area (Å²) in [6.07, 6.45) is 0. The number of hydrogen-bond donors (Lipinski definition) is 1. The number of pyridine rings is 1. The Labute approximate surface area is 153 Å². The molecule has 3 aromatic rings. The number of aromatic nitrogens is 3. The van der Waals surface area contributed by atoms with E-state index in [1.807, 2.05) is 50.2 Å². The van der Waals surface area contributed by atoms with Gasteiger partial charge in [-0.2, -0.15) is 5.10 Å². The summed E-state index contributed by atoms with van der Waals surface area (Å²) in [6, 6.07) is 15.1. The quantitative estimate of drug-likeness (QED) is 0.640. The van der Waals surface area contributed by atoms with Crippen molar-refractivity contribution in [2.24, 2.45) is 0 Å². The maximum Gasteiger partial charge on any atom is 0.267 e. The fourth-order valence-electron chi connectivity index (χ4n) is 2.45. The molecule has 0 aliphatic rings. The Hall–Kier alpha value is -2.22. The minimum Gasteiger partial charge on any atom is -0.383 e. The summed E-state index contributed by atoms with van der Waals surface area (Å²) >= 11 is 2.16. The molecule has 0 bridgehead atoms. The molecular weight excluding hydrogens is 415 g/mol. The maximum atomic E-state index is 12.0. The Bertz CT molecular complexity index is 935. The number of benzene rings is 1. The molecule has 0 radical (unpaired) electrons. The molecular formula is C18H17IN4O.